The third-order valence-electron chi connectivity index (χ3n) is 5.45. The van der Waals surface area contributed by atoms with Gasteiger partial charge in [-0.1, -0.05) is 5.92 Å². The number of aromatic nitrogens is 4. The lowest BCUT2D eigenvalue weighted by Gasteiger charge is -2.29. The standard InChI is InChI=1S/C19H25N5O4/c1-3-13-15(25)16(26)19(28-13)24-10-22-14-17(20-9-21-18(14)24)23-11-5-7-12(8-6-11)27-4-2/h1,9-13,15-16,19,25-26H,4-8H2,2H3,(H,20,21,23)/t11?,12?,13-,15-,16-,19-/m1/s1. The van der Waals surface area contributed by atoms with Crippen LogP contribution in [0.25, 0.3) is 11.2 Å². The molecule has 0 spiro atoms. The number of nitrogens with zero attached hydrogens (tertiary/aromatic N) is 4. The van der Waals surface area contributed by atoms with Crippen molar-refractivity contribution in [2.75, 3.05) is 11.9 Å². The Morgan fingerprint density at radius 3 is 2.71 bits per heavy atom. The normalized spacial score (nSPS) is 33.1. The van der Waals surface area contributed by atoms with Gasteiger partial charge in [0.25, 0.3) is 0 Å². The van der Waals surface area contributed by atoms with Crippen molar-refractivity contribution >= 4 is 17.0 Å². The number of rotatable bonds is 5. The minimum absolute atomic E-state index is 0.293. The summed E-state index contributed by atoms with van der Waals surface area (Å²) in [6.45, 7) is 2.77. The highest BCUT2D eigenvalue weighted by Crippen LogP contribution is 2.32. The molecule has 9 heteroatoms. The van der Waals surface area contributed by atoms with E-state index < -0.39 is 24.5 Å². The van der Waals surface area contributed by atoms with E-state index in [0.29, 0.717) is 29.1 Å². The largest absolute Gasteiger partial charge is 0.386 e. The summed E-state index contributed by atoms with van der Waals surface area (Å²) in [7, 11) is 0. The number of terminal acetylenes is 1. The fourth-order valence-corrected chi connectivity index (χ4v) is 3.97. The van der Waals surface area contributed by atoms with Gasteiger partial charge in [-0.2, -0.15) is 0 Å². The van der Waals surface area contributed by atoms with Crippen LogP contribution in [-0.4, -0.2) is 66.8 Å². The van der Waals surface area contributed by atoms with Gasteiger partial charge in [-0.05, 0) is 32.6 Å². The Hall–Kier alpha value is -2.25. The summed E-state index contributed by atoms with van der Waals surface area (Å²) in [5.74, 6) is 2.98. The van der Waals surface area contributed by atoms with Gasteiger partial charge in [0.05, 0.1) is 12.4 Å². The number of aliphatic hydroxyl groups is 2. The lowest BCUT2D eigenvalue weighted by atomic mass is 9.93. The molecule has 1 aliphatic heterocycles. The van der Waals surface area contributed by atoms with E-state index in [-0.39, 0.29) is 0 Å². The highest BCUT2D eigenvalue weighted by Gasteiger charge is 2.43. The number of nitrogens with one attached hydrogen (secondary N) is 1. The van der Waals surface area contributed by atoms with Crippen molar-refractivity contribution in [1.29, 1.82) is 0 Å². The van der Waals surface area contributed by atoms with Crippen molar-refractivity contribution in [1.82, 2.24) is 19.5 Å². The van der Waals surface area contributed by atoms with E-state index in [9.17, 15) is 10.2 Å². The highest BCUT2D eigenvalue weighted by atomic mass is 16.6. The van der Waals surface area contributed by atoms with Crippen molar-refractivity contribution in [2.45, 2.75) is 69.3 Å². The second kappa shape index (κ2) is 8.01. The summed E-state index contributed by atoms with van der Waals surface area (Å²) < 4.78 is 12.9. The first-order valence-corrected chi connectivity index (χ1v) is 9.65. The Bertz CT molecular complexity index is 858. The topological polar surface area (TPSA) is 115 Å². The molecule has 2 fully saturated rings. The Balaban J connectivity index is 1.52. The molecule has 0 unspecified atom stereocenters. The van der Waals surface area contributed by atoms with Crippen molar-refractivity contribution in [3.05, 3.63) is 12.7 Å². The van der Waals surface area contributed by atoms with E-state index in [1.807, 2.05) is 6.92 Å². The molecule has 3 heterocycles. The maximum Gasteiger partial charge on any atom is 0.167 e. The molecule has 0 aromatic carbocycles. The molecule has 0 radical (unpaired) electrons. The van der Waals surface area contributed by atoms with Crippen LogP contribution in [0.4, 0.5) is 5.82 Å². The number of anilines is 1. The molecule has 2 aromatic heterocycles. The zero-order chi connectivity index (χ0) is 19.7. The molecule has 1 saturated heterocycles. The first kappa shape index (κ1) is 19.1. The number of imidazole rings is 1. The van der Waals surface area contributed by atoms with Gasteiger partial charge in [-0.3, -0.25) is 4.57 Å². The summed E-state index contributed by atoms with van der Waals surface area (Å²) >= 11 is 0. The minimum Gasteiger partial charge on any atom is -0.386 e. The van der Waals surface area contributed by atoms with Crippen LogP contribution < -0.4 is 5.32 Å². The molecular formula is C19H25N5O4. The van der Waals surface area contributed by atoms with E-state index in [2.05, 4.69) is 26.2 Å². The summed E-state index contributed by atoms with van der Waals surface area (Å²) in [6, 6.07) is 0.293. The predicted octanol–water partition coefficient (Wildman–Crippen LogP) is 0.838. The minimum atomic E-state index is -1.17. The molecule has 4 atom stereocenters. The maximum atomic E-state index is 10.3. The van der Waals surface area contributed by atoms with Crippen LogP contribution in [-0.2, 0) is 9.47 Å². The van der Waals surface area contributed by atoms with Crippen LogP contribution in [0, 0.1) is 12.3 Å². The Morgan fingerprint density at radius 1 is 1.25 bits per heavy atom. The summed E-state index contributed by atoms with van der Waals surface area (Å²) in [5.41, 5.74) is 1.10. The van der Waals surface area contributed by atoms with Crippen molar-refractivity contribution in [3.8, 4) is 12.3 Å². The second-order valence-electron chi connectivity index (χ2n) is 7.21. The molecule has 1 saturated carbocycles. The first-order valence-electron chi connectivity index (χ1n) is 9.65. The Kier molecular flexibility index (Phi) is 5.46. The molecule has 0 amide bonds. The van der Waals surface area contributed by atoms with Crippen molar-refractivity contribution in [3.63, 3.8) is 0 Å². The molecule has 2 aromatic rings. The first-order chi connectivity index (χ1) is 13.6. The van der Waals surface area contributed by atoms with Gasteiger partial charge in [-0.15, -0.1) is 6.42 Å². The molecular weight excluding hydrogens is 362 g/mol. The van der Waals surface area contributed by atoms with Crippen molar-refractivity contribution in [2.24, 2.45) is 0 Å². The third kappa shape index (κ3) is 3.44. The molecule has 28 heavy (non-hydrogen) atoms. The van der Waals surface area contributed by atoms with Crippen LogP contribution in [0.2, 0.25) is 0 Å². The van der Waals surface area contributed by atoms with Crippen LogP contribution >= 0.6 is 0 Å². The molecule has 2 aliphatic rings. The lowest BCUT2D eigenvalue weighted by molar-refractivity contribution is -0.0230. The maximum absolute atomic E-state index is 10.3. The van der Waals surface area contributed by atoms with Crippen LogP contribution in [0.3, 0.4) is 0 Å². The number of hydrogen-bond donors (Lipinski definition) is 3. The molecule has 3 N–H and O–H groups in total. The zero-order valence-corrected chi connectivity index (χ0v) is 15.7. The van der Waals surface area contributed by atoms with E-state index in [1.54, 1.807) is 4.57 Å². The zero-order valence-electron chi connectivity index (χ0n) is 15.7. The van der Waals surface area contributed by atoms with Gasteiger partial charge < -0.3 is 25.0 Å². The Morgan fingerprint density at radius 2 is 2.04 bits per heavy atom. The smallest absolute Gasteiger partial charge is 0.167 e. The quantitative estimate of drug-likeness (QED) is 0.647. The van der Waals surface area contributed by atoms with Crippen molar-refractivity contribution < 1.29 is 19.7 Å². The van der Waals surface area contributed by atoms with Gasteiger partial charge in [0.2, 0.25) is 0 Å². The average molecular weight is 387 g/mol. The number of fused-ring (bicyclic) bond motifs is 1. The highest BCUT2D eigenvalue weighted by molar-refractivity contribution is 5.82. The van der Waals surface area contributed by atoms with Crippen LogP contribution in [0.1, 0.15) is 38.8 Å². The monoisotopic (exact) mass is 387 g/mol. The lowest BCUT2D eigenvalue weighted by Crippen LogP contribution is -2.31. The van der Waals surface area contributed by atoms with Crippen LogP contribution in [0.15, 0.2) is 12.7 Å². The third-order valence-corrected chi connectivity index (χ3v) is 5.45. The fourth-order valence-electron chi connectivity index (χ4n) is 3.97. The van der Waals surface area contributed by atoms with Gasteiger partial charge in [0.1, 0.15) is 24.6 Å². The van der Waals surface area contributed by atoms with E-state index in [4.69, 9.17) is 15.9 Å². The van der Waals surface area contributed by atoms with E-state index in [0.717, 1.165) is 32.3 Å². The van der Waals surface area contributed by atoms with E-state index in [1.165, 1.54) is 12.7 Å². The second-order valence-corrected chi connectivity index (χ2v) is 7.21. The number of aliphatic hydroxyl groups excluding tert-OH is 2. The molecule has 9 nitrogen and oxygen atoms in total. The summed E-state index contributed by atoms with van der Waals surface area (Å²) in [5, 5.41) is 23.8. The SMILES string of the molecule is C#C[C@H]1O[C@@H](n2cnc3c(NC4CCC(OCC)CC4)ncnc32)[C@H](O)[C@@H]1O. The van der Waals surface area contributed by atoms with Gasteiger partial charge >= 0.3 is 0 Å². The summed E-state index contributed by atoms with van der Waals surface area (Å²) in [6.07, 6.45) is 8.63. The average Bonchev–Trinajstić information content (AvgIpc) is 3.26. The molecule has 4 rings (SSSR count). The molecule has 0 bridgehead atoms. The molecule has 1 aliphatic carbocycles. The molecule has 150 valence electrons. The van der Waals surface area contributed by atoms with Gasteiger partial charge in [0, 0.05) is 12.6 Å². The fraction of sp³-hybridized carbons (Fsp3) is 0.632. The van der Waals surface area contributed by atoms with Gasteiger partial charge in [0.15, 0.2) is 23.2 Å². The number of ether oxygens (including phenoxy) is 2. The van der Waals surface area contributed by atoms with Gasteiger partial charge in [-0.25, -0.2) is 15.0 Å². The van der Waals surface area contributed by atoms with E-state index >= 15 is 0 Å². The number of hydrogen-bond acceptors (Lipinski definition) is 8. The summed E-state index contributed by atoms with van der Waals surface area (Å²) in [4.78, 5) is 13.0. The predicted molar refractivity (Wildman–Crippen MR) is 101 cm³/mol. The Labute approximate surface area is 163 Å². The van der Waals surface area contributed by atoms with Crippen LogP contribution in [0.5, 0.6) is 0 Å².